The minimum atomic E-state index is -0.282. The highest BCUT2D eigenvalue weighted by molar-refractivity contribution is 5.15. The first kappa shape index (κ1) is 20.5. The zero-order chi connectivity index (χ0) is 20.9. The molecule has 30 heavy (non-hydrogen) atoms. The van der Waals surface area contributed by atoms with Gasteiger partial charge >= 0.3 is 0 Å². The summed E-state index contributed by atoms with van der Waals surface area (Å²) >= 11 is 0. The largest absolute Gasteiger partial charge is 0.393 e. The van der Waals surface area contributed by atoms with E-state index in [9.17, 15) is 5.11 Å². The van der Waals surface area contributed by atoms with E-state index in [2.05, 4.69) is 27.7 Å². The molecule has 6 aliphatic rings. The highest BCUT2D eigenvalue weighted by Gasteiger charge is 2.69. The smallest absolute Gasteiger partial charge is 0.171 e. The highest BCUT2D eigenvalue weighted by atomic mass is 16.7. The van der Waals surface area contributed by atoms with E-state index >= 15 is 0 Å². The minimum Gasteiger partial charge on any atom is -0.393 e. The van der Waals surface area contributed by atoms with Crippen molar-refractivity contribution in [2.24, 2.45) is 52.3 Å². The number of hydrogen-bond donors (Lipinski definition) is 1. The number of rotatable bonds is 0. The van der Waals surface area contributed by atoms with Crippen molar-refractivity contribution in [3.63, 3.8) is 0 Å². The van der Waals surface area contributed by atoms with Crippen LogP contribution in [0.3, 0.4) is 0 Å². The van der Waals surface area contributed by atoms with Crippen LogP contribution in [0.1, 0.15) is 91.9 Å². The molecule has 0 bridgehead atoms. The second-order valence-corrected chi connectivity index (χ2v) is 13.1. The quantitative estimate of drug-likeness (QED) is 0.543. The van der Waals surface area contributed by atoms with Gasteiger partial charge in [0.25, 0.3) is 0 Å². The lowest BCUT2D eigenvalue weighted by Gasteiger charge is -2.61. The van der Waals surface area contributed by atoms with E-state index in [4.69, 9.17) is 9.47 Å². The standard InChI is InChI=1S/C27H44O3/c1-16-7-12-27(29-15-16)17(2)24-23(30-27)14-22-20-6-5-18-13-19(28)8-10-25(18,3)21(20)9-11-26(22,24)4/h16-24,28H,5-15H2,1-4H3/t16?,17-,18-,19-,20+,21-,22-,23-,24-,25-,26-,27+/m0/s1. The molecular weight excluding hydrogens is 372 g/mol. The lowest BCUT2D eigenvalue weighted by Crippen LogP contribution is -2.55. The lowest BCUT2D eigenvalue weighted by atomic mass is 9.44. The Hall–Kier alpha value is -0.120. The van der Waals surface area contributed by atoms with Crippen molar-refractivity contribution >= 4 is 0 Å². The summed E-state index contributed by atoms with van der Waals surface area (Å²) in [7, 11) is 0. The molecule has 170 valence electrons. The maximum absolute atomic E-state index is 10.3. The first-order chi connectivity index (χ1) is 14.3. The summed E-state index contributed by atoms with van der Waals surface area (Å²) in [5.41, 5.74) is 0.899. The third-order valence-corrected chi connectivity index (χ3v) is 11.9. The van der Waals surface area contributed by atoms with Gasteiger partial charge in [0.05, 0.1) is 18.8 Å². The average Bonchev–Trinajstić information content (AvgIpc) is 3.16. The molecule has 0 radical (unpaired) electrons. The molecule has 0 aromatic carbocycles. The third-order valence-electron chi connectivity index (χ3n) is 11.9. The van der Waals surface area contributed by atoms with Gasteiger partial charge in [-0.25, -0.2) is 0 Å². The summed E-state index contributed by atoms with van der Waals surface area (Å²) in [6.45, 7) is 10.9. The van der Waals surface area contributed by atoms with E-state index in [0.29, 0.717) is 34.7 Å². The molecule has 3 heteroatoms. The Morgan fingerprint density at radius 3 is 2.40 bits per heavy atom. The van der Waals surface area contributed by atoms with Crippen molar-refractivity contribution in [3.8, 4) is 0 Å². The van der Waals surface area contributed by atoms with Crippen LogP contribution < -0.4 is 0 Å². The predicted octanol–water partition coefficient (Wildman–Crippen LogP) is 5.79. The van der Waals surface area contributed by atoms with Gasteiger partial charge in [0.15, 0.2) is 5.79 Å². The van der Waals surface area contributed by atoms with Crippen LogP contribution >= 0.6 is 0 Å². The first-order valence-electron chi connectivity index (χ1n) is 13.3. The van der Waals surface area contributed by atoms with Crippen molar-refractivity contribution < 1.29 is 14.6 Å². The van der Waals surface area contributed by atoms with Gasteiger partial charge in [0.2, 0.25) is 0 Å². The second-order valence-electron chi connectivity index (χ2n) is 13.1. The van der Waals surface area contributed by atoms with Crippen molar-refractivity contribution in [3.05, 3.63) is 0 Å². The molecule has 12 atom stereocenters. The SMILES string of the molecule is CC1CC[C@@]2(OC1)O[C@H]1C[C@H]3[C@@H]4CC[C@H]5C[C@@H](O)CC[C@]5(C)[C@H]4CC[C@]3(C)[C@H]1[C@@H]2C. The zero-order valence-corrected chi connectivity index (χ0v) is 19.7. The van der Waals surface area contributed by atoms with Gasteiger partial charge in [-0.1, -0.05) is 27.7 Å². The fourth-order valence-corrected chi connectivity index (χ4v) is 10.3. The Labute approximate surface area is 183 Å². The van der Waals surface area contributed by atoms with Crippen LogP contribution in [0, 0.1) is 52.3 Å². The van der Waals surface area contributed by atoms with Crippen LogP contribution in [0.25, 0.3) is 0 Å². The number of ether oxygens (including phenoxy) is 2. The maximum atomic E-state index is 10.3. The zero-order valence-electron chi connectivity index (χ0n) is 19.7. The Bertz CT molecular complexity index is 684. The molecule has 2 saturated heterocycles. The topological polar surface area (TPSA) is 38.7 Å². The van der Waals surface area contributed by atoms with E-state index in [1.807, 2.05) is 0 Å². The Balaban J connectivity index is 1.26. The van der Waals surface area contributed by atoms with Gasteiger partial charge < -0.3 is 14.6 Å². The predicted molar refractivity (Wildman–Crippen MR) is 118 cm³/mol. The van der Waals surface area contributed by atoms with Gasteiger partial charge in [-0.15, -0.1) is 0 Å². The van der Waals surface area contributed by atoms with Crippen LogP contribution in [0.5, 0.6) is 0 Å². The molecule has 0 aromatic rings. The molecule has 0 aromatic heterocycles. The molecule has 6 rings (SSSR count). The summed E-state index contributed by atoms with van der Waals surface area (Å²) < 4.78 is 13.4. The molecule has 3 nitrogen and oxygen atoms in total. The fourth-order valence-electron chi connectivity index (χ4n) is 10.3. The summed E-state index contributed by atoms with van der Waals surface area (Å²) in [4.78, 5) is 0. The first-order valence-corrected chi connectivity index (χ1v) is 13.3. The van der Waals surface area contributed by atoms with Crippen LogP contribution in [-0.4, -0.2) is 29.7 Å². The third kappa shape index (κ3) is 2.61. The highest BCUT2D eigenvalue weighted by Crippen LogP contribution is 2.71. The van der Waals surface area contributed by atoms with Gasteiger partial charge in [-0.3, -0.25) is 0 Å². The summed E-state index contributed by atoms with van der Waals surface area (Å²) in [5.74, 6) is 4.93. The Morgan fingerprint density at radius 2 is 1.63 bits per heavy atom. The number of aliphatic hydroxyl groups is 1. The maximum Gasteiger partial charge on any atom is 0.171 e. The van der Waals surface area contributed by atoms with E-state index in [1.54, 1.807) is 0 Å². The number of fused-ring (bicyclic) bond motifs is 7. The second kappa shape index (κ2) is 6.70. The van der Waals surface area contributed by atoms with Gasteiger partial charge in [0.1, 0.15) is 0 Å². The van der Waals surface area contributed by atoms with E-state index in [-0.39, 0.29) is 11.9 Å². The van der Waals surface area contributed by atoms with Crippen molar-refractivity contribution in [2.45, 2.75) is 110 Å². The molecule has 4 aliphatic carbocycles. The lowest BCUT2D eigenvalue weighted by molar-refractivity contribution is -0.273. The van der Waals surface area contributed by atoms with Gasteiger partial charge in [-0.2, -0.15) is 0 Å². The molecule has 1 unspecified atom stereocenters. The van der Waals surface area contributed by atoms with Crippen LogP contribution in [0.4, 0.5) is 0 Å². The normalized spacial score (nSPS) is 62.5. The van der Waals surface area contributed by atoms with Gasteiger partial charge in [-0.05, 0) is 104 Å². The summed E-state index contributed by atoms with van der Waals surface area (Å²) in [6, 6.07) is 0. The van der Waals surface area contributed by atoms with Crippen molar-refractivity contribution in [1.82, 2.24) is 0 Å². The summed E-state index contributed by atoms with van der Waals surface area (Å²) in [6.07, 6.45) is 12.9. The Morgan fingerprint density at radius 1 is 0.833 bits per heavy atom. The minimum absolute atomic E-state index is 0.0389. The molecule has 1 spiro atoms. The number of aliphatic hydroxyl groups excluding tert-OH is 1. The number of hydrogen-bond acceptors (Lipinski definition) is 3. The molecule has 2 aliphatic heterocycles. The summed E-state index contributed by atoms with van der Waals surface area (Å²) in [5, 5.41) is 10.3. The Kier molecular flexibility index (Phi) is 4.58. The average molecular weight is 417 g/mol. The molecule has 6 fully saturated rings. The molecule has 0 amide bonds. The monoisotopic (exact) mass is 416 g/mol. The van der Waals surface area contributed by atoms with Crippen molar-refractivity contribution in [1.29, 1.82) is 0 Å². The molecular formula is C27H44O3. The van der Waals surface area contributed by atoms with E-state index < -0.39 is 0 Å². The van der Waals surface area contributed by atoms with Crippen molar-refractivity contribution in [2.75, 3.05) is 6.61 Å². The molecule has 1 N–H and O–H groups in total. The van der Waals surface area contributed by atoms with Crippen LogP contribution in [0.2, 0.25) is 0 Å². The molecule has 2 heterocycles. The van der Waals surface area contributed by atoms with Crippen LogP contribution in [0.15, 0.2) is 0 Å². The van der Waals surface area contributed by atoms with E-state index in [1.165, 1.54) is 44.9 Å². The fraction of sp³-hybridized carbons (Fsp3) is 1.00. The molecule has 4 saturated carbocycles. The van der Waals surface area contributed by atoms with E-state index in [0.717, 1.165) is 49.5 Å². The van der Waals surface area contributed by atoms with Gasteiger partial charge in [0, 0.05) is 12.3 Å². The van der Waals surface area contributed by atoms with Crippen LogP contribution in [-0.2, 0) is 9.47 Å².